The highest BCUT2D eigenvalue weighted by molar-refractivity contribution is 5.77. The molecule has 3 nitrogen and oxygen atoms in total. The summed E-state index contributed by atoms with van der Waals surface area (Å²) in [5.41, 5.74) is 2.30. The van der Waals surface area contributed by atoms with Crippen molar-refractivity contribution in [3.63, 3.8) is 0 Å². The molecule has 0 aliphatic carbocycles. The molecular weight excluding hydrogens is 226 g/mol. The molecule has 2 rings (SSSR count). The van der Waals surface area contributed by atoms with E-state index in [0.717, 1.165) is 30.9 Å². The van der Waals surface area contributed by atoms with E-state index in [4.69, 9.17) is 4.74 Å². The lowest BCUT2D eigenvalue weighted by atomic mass is 9.90. The van der Waals surface area contributed by atoms with Gasteiger partial charge >= 0.3 is 5.97 Å². The summed E-state index contributed by atoms with van der Waals surface area (Å²) in [6.45, 7) is 8.29. The fourth-order valence-corrected chi connectivity index (χ4v) is 2.57. The van der Waals surface area contributed by atoms with Gasteiger partial charge in [-0.05, 0) is 37.8 Å². The summed E-state index contributed by atoms with van der Waals surface area (Å²) in [6.07, 6.45) is 1.49. The first-order chi connectivity index (χ1) is 8.69. The molecular formula is C15H21NO2. The Balaban J connectivity index is 2.36. The molecule has 98 valence electrons. The Bertz CT molecular complexity index is 438. The van der Waals surface area contributed by atoms with Gasteiger partial charge in [0.05, 0.1) is 6.42 Å². The van der Waals surface area contributed by atoms with Crippen LogP contribution in [0.4, 0.5) is 5.69 Å². The standard InChI is InChI=1S/C15H21NO2/c1-4-11-9-15(17)18-14-10-12(7-8-13(11)14)16(5-2)6-3/h7-8,10-11H,4-6,9H2,1-3H3. The average Bonchev–Trinajstić information content (AvgIpc) is 2.38. The Morgan fingerprint density at radius 1 is 1.28 bits per heavy atom. The average molecular weight is 247 g/mol. The first-order valence-electron chi connectivity index (χ1n) is 6.79. The van der Waals surface area contributed by atoms with Gasteiger partial charge in [-0.15, -0.1) is 0 Å². The molecule has 1 aromatic carbocycles. The van der Waals surface area contributed by atoms with E-state index in [9.17, 15) is 4.79 Å². The van der Waals surface area contributed by atoms with Crippen molar-refractivity contribution < 1.29 is 9.53 Å². The number of nitrogens with zero attached hydrogens (tertiary/aromatic N) is 1. The predicted octanol–water partition coefficient (Wildman–Crippen LogP) is 3.34. The van der Waals surface area contributed by atoms with Crippen LogP contribution in [0.15, 0.2) is 18.2 Å². The number of anilines is 1. The number of hydrogen-bond donors (Lipinski definition) is 0. The van der Waals surface area contributed by atoms with Crippen molar-refractivity contribution in [2.45, 2.75) is 39.5 Å². The van der Waals surface area contributed by atoms with Gasteiger partial charge in [-0.2, -0.15) is 0 Å². The van der Waals surface area contributed by atoms with E-state index in [1.807, 2.05) is 6.07 Å². The second-order valence-corrected chi connectivity index (χ2v) is 4.68. The molecule has 0 saturated heterocycles. The summed E-state index contributed by atoms with van der Waals surface area (Å²) < 4.78 is 5.38. The van der Waals surface area contributed by atoms with Crippen LogP contribution in [-0.4, -0.2) is 19.1 Å². The lowest BCUT2D eigenvalue weighted by Crippen LogP contribution is -2.23. The van der Waals surface area contributed by atoms with Gasteiger partial charge in [0.25, 0.3) is 0 Å². The van der Waals surface area contributed by atoms with Gasteiger partial charge in [-0.3, -0.25) is 4.79 Å². The zero-order valence-electron chi connectivity index (χ0n) is 11.4. The van der Waals surface area contributed by atoms with Gasteiger partial charge < -0.3 is 9.64 Å². The Hall–Kier alpha value is -1.51. The number of carbonyl (C=O) groups is 1. The largest absolute Gasteiger partial charge is 0.426 e. The lowest BCUT2D eigenvalue weighted by molar-refractivity contribution is -0.135. The van der Waals surface area contributed by atoms with E-state index in [1.54, 1.807) is 0 Å². The second-order valence-electron chi connectivity index (χ2n) is 4.68. The highest BCUT2D eigenvalue weighted by atomic mass is 16.5. The number of hydrogen-bond acceptors (Lipinski definition) is 3. The van der Waals surface area contributed by atoms with Crippen LogP contribution in [0, 0.1) is 0 Å². The molecule has 0 bridgehead atoms. The van der Waals surface area contributed by atoms with Crippen molar-refractivity contribution in [1.29, 1.82) is 0 Å². The van der Waals surface area contributed by atoms with E-state index in [0.29, 0.717) is 12.3 Å². The molecule has 3 heteroatoms. The van der Waals surface area contributed by atoms with Crippen LogP contribution < -0.4 is 9.64 Å². The van der Waals surface area contributed by atoms with Crippen LogP contribution >= 0.6 is 0 Å². The zero-order valence-corrected chi connectivity index (χ0v) is 11.4. The van der Waals surface area contributed by atoms with Gasteiger partial charge in [0.1, 0.15) is 5.75 Å². The van der Waals surface area contributed by atoms with Crippen LogP contribution in [-0.2, 0) is 4.79 Å². The van der Waals surface area contributed by atoms with Crippen molar-refractivity contribution >= 4 is 11.7 Å². The van der Waals surface area contributed by atoms with Crippen molar-refractivity contribution in [1.82, 2.24) is 0 Å². The van der Waals surface area contributed by atoms with Gasteiger partial charge in [-0.1, -0.05) is 13.0 Å². The van der Waals surface area contributed by atoms with E-state index >= 15 is 0 Å². The zero-order chi connectivity index (χ0) is 13.1. The van der Waals surface area contributed by atoms with Crippen LogP contribution in [0.2, 0.25) is 0 Å². The van der Waals surface area contributed by atoms with Gasteiger partial charge in [-0.25, -0.2) is 0 Å². The van der Waals surface area contributed by atoms with Gasteiger partial charge in [0.2, 0.25) is 0 Å². The molecule has 0 fully saturated rings. The molecule has 1 unspecified atom stereocenters. The Morgan fingerprint density at radius 3 is 2.61 bits per heavy atom. The maximum atomic E-state index is 11.6. The molecule has 18 heavy (non-hydrogen) atoms. The predicted molar refractivity (Wildman–Crippen MR) is 73.3 cm³/mol. The summed E-state index contributed by atoms with van der Waals surface area (Å²) in [6, 6.07) is 6.25. The Morgan fingerprint density at radius 2 is 2.00 bits per heavy atom. The Labute approximate surface area is 109 Å². The molecule has 1 aromatic rings. The topological polar surface area (TPSA) is 29.5 Å². The maximum absolute atomic E-state index is 11.6. The molecule has 1 aliphatic rings. The van der Waals surface area contributed by atoms with E-state index in [-0.39, 0.29) is 5.97 Å². The first-order valence-corrected chi connectivity index (χ1v) is 6.79. The molecule has 1 aliphatic heterocycles. The number of carbonyl (C=O) groups excluding carboxylic acids is 1. The Kier molecular flexibility index (Phi) is 3.90. The van der Waals surface area contributed by atoms with Gasteiger partial charge in [0.15, 0.2) is 0 Å². The minimum atomic E-state index is -0.106. The second kappa shape index (κ2) is 5.42. The molecule has 1 atom stereocenters. The van der Waals surface area contributed by atoms with E-state index in [1.165, 1.54) is 5.56 Å². The highest BCUT2D eigenvalue weighted by Crippen LogP contribution is 2.38. The minimum Gasteiger partial charge on any atom is -0.426 e. The van der Waals surface area contributed by atoms with Crippen LogP contribution in [0.5, 0.6) is 5.75 Å². The quantitative estimate of drug-likeness (QED) is 0.603. The molecule has 0 aromatic heterocycles. The number of fused-ring (bicyclic) bond motifs is 1. The normalized spacial score (nSPS) is 18.2. The fraction of sp³-hybridized carbons (Fsp3) is 0.533. The summed E-state index contributed by atoms with van der Waals surface area (Å²) in [5.74, 6) is 0.959. The minimum absolute atomic E-state index is 0.106. The third-order valence-corrected chi connectivity index (χ3v) is 3.70. The van der Waals surface area contributed by atoms with E-state index < -0.39 is 0 Å². The molecule has 0 N–H and O–H groups in total. The number of benzene rings is 1. The van der Waals surface area contributed by atoms with Crippen LogP contribution in [0.25, 0.3) is 0 Å². The van der Waals surface area contributed by atoms with E-state index in [2.05, 4.69) is 37.8 Å². The van der Waals surface area contributed by atoms with Crippen LogP contribution in [0.1, 0.15) is 45.1 Å². The van der Waals surface area contributed by atoms with Crippen LogP contribution in [0.3, 0.4) is 0 Å². The number of rotatable bonds is 4. The third kappa shape index (κ3) is 2.35. The maximum Gasteiger partial charge on any atom is 0.311 e. The fourth-order valence-electron chi connectivity index (χ4n) is 2.57. The molecule has 0 saturated carbocycles. The number of ether oxygens (including phenoxy) is 1. The van der Waals surface area contributed by atoms with Crippen molar-refractivity contribution in [3.05, 3.63) is 23.8 Å². The SMILES string of the molecule is CCC1CC(=O)Oc2cc(N(CC)CC)ccc21. The molecule has 0 spiro atoms. The summed E-state index contributed by atoms with van der Waals surface area (Å²) in [4.78, 5) is 13.8. The van der Waals surface area contributed by atoms with Gasteiger partial charge in [0, 0.05) is 24.8 Å². The third-order valence-electron chi connectivity index (χ3n) is 3.70. The summed E-state index contributed by atoms with van der Waals surface area (Å²) in [7, 11) is 0. The summed E-state index contributed by atoms with van der Waals surface area (Å²) in [5, 5.41) is 0. The van der Waals surface area contributed by atoms with Crippen molar-refractivity contribution in [2.75, 3.05) is 18.0 Å². The van der Waals surface area contributed by atoms with Crippen molar-refractivity contribution in [3.8, 4) is 5.75 Å². The highest BCUT2D eigenvalue weighted by Gasteiger charge is 2.26. The molecule has 0 radical (unpaired) electrons. The monoisotopic (exact) mass is 247 g/mol. The van der Waals surface area contributed by atoms with Crippen molar-refractivity contribution in [2.24, 2.45) is 0 Å². The molecule has 0 amide bonds. The number of esters is 1. The molecule has 1 heterocycles. The smallest absolute Gasteiger partial charge is 0.311 e. The first kappa shape index (κ1) is 12.9. The summed E-state index contributed by atoms with van der Waals surface area (Å²) >= 11 is 0. The lowest BCUT2D eigenvalue weighted by Gasteiger charge is -2.27.